The Labute approximate surface area is 142 Å². The van der Waals surface area contributed by atoms with Crippen molar-refractivity contribution < 1.29 is 19.4 Å². The number of nitrogens with zero attached hydrogens (tertiary/aromatic N) is 1. The van der Waals surface area contributed by atoms with E-state index < -0.39 is 5.97 Å². The Kier molecular flexibility index (Phi) is 6.28. The molecule has 1 aromatic rings. The molecule has 0 aliphatic carbocycles. The molecule has 22 heavy (non-hydrogen) atoms. The van der Waals surface area contributed by atoms with Crippen LogP contribution in [0.3, 0.4) is 0 Å². The number of carbonyl (C=O) groups excluding carboxylic acids is 1. The molecule has 1 aromatic carbocycles. The molecular weight excluding hydrogens is 370 g/mol. The summed E-state index contributed by atoms with van der Waals surface area (Å²) >= 11 is 4.85. The van der Waals surface area contributed by atoms with E-state index >= 15 is 0 Å². The van der Waals surface area contributed by atoms with E-state index in [-0.39, 0.29) is 24.5 Å². The number of methoxy groups -OCH3 is 1. The monoisotopic (exact) mass is 387 g/mol. The molecule has 2 rings (SSSR count). The molecule has 2 atom stereocenters. The first kappa shape index (κ1) is 17.3. The van der Waals surface area contributed by atoms with E-state index in [1.807, 2.05) is 24.3 Å². The number of likely N-dealkylation sites (tertiary alicyclic amines) is 1. The number of thioether (sulfide) groups is 1. The SMILES string of the molecule is COC1CC(CC(=O)O)N(C(=O)CSc2cccc(Br)c2)C1. The van der Waals surface area contributed by atoms with Gasteiger partial charge in [-0.2, -0.15) is 0 Å². The smallest absolute Gasteiger partial charge is 0.305 e. The van der Waals surface area contributed by atoms with Crippen molar-refractivity contribution in [3.63, 3.8) is 0 Å². The van der Waals surface area contributed by atoms with Gasteiger partial charge in [0.05, 0.1) is 18.3 Å². The highest BCUT2D eigenvalue weighted by atomic mass is 79.9. The summed E-state index contributed by atoms with van der Waals surface area (Å²) < 4.78 is 6.25. The maximum atomic E-state index is 12.4. The number of amides is 1. The molecule has 5 nitrogen and oxygen atoms in total. The second-order valence-corrected chi connectivity index (χ2v) is 7.10. The average molecular weight is 388 g/mol. The number of aliphatic carboxylic acids is 1. The Morgan fingerprint density at radius 1 is 1.50 bits per heavy atom. The van der Waals surface area contributed by atoms with E-state index in [0.717, 1.165) is 9.37 Å². The van der Waals surface area contributed by atoms with Gasteiger partial charge in [-0.3, -0.25) is 9.59 Å². The molecule has 1 fully saturated rings. The Morgan fingerprint density at radius 2 is 2.27 bits per heavy atom. The lowest BCUT2D eigenvalue weighted by Gasteiger charge is -2.23. The van der Waals surface area contributed by atoms with Crippen LogP contribution in [0.2, 0.25) is 0 Å². The second kappa shape index (κ2) is 7.99. The third-order valence-corrected chi connectivity index (χ3v) is 5.07. The van der Waals surface area contributed by atoms with Gasteiger partial charge in [0.15, 0.2) is 0 Å². The summed E-state index contributed by atoms with van der Waals surface area (Å²) in [5.41, 5.74) is 0. The summed E-state index contributed by atoms with van der Waals surface area (Å²) in [6.45, 7) is 0.465. The minimum absolute atomic E-state index is 0.0346. The first-order chi connectivity index (χ1) is 10.5. The van der Waals surface area contributed by atoms with E-state index in [2.05, 4.69) is 15.9 Å². The zero-order valence-corrected chi connectivity index (χ0v) is 14.6. The molecule has 0 saturated carbocycles. The number of ether oxygens (including phenoxy) is 1. The van der Waals surface area contributed by atoms with Gasteiger partial charge in [0.2, 0.25) is 5.91 Å². The van der Waals surface area contributed by atoms with Crippen molar-refractivity contribution in [2.75, 3.05) is 19.4 Å². The van der Waals surface area contributed by atoms with Crippen LogP contribution in [0.5, 0.6) is 0 Å². The second-order valence-electron chi connectivity index (χ2n) is 5.14. The maximum Gasteiger partial charge on any atom is 0.305 e. The van der Waals surface area contributed by atoms with Crippen molar-refractivity contribution in [3.05, 3.63) is 28.7 Å². The number of benzene rings is 1. The molecule has 1 amide bonds. The largest absolute Gasteiger partial charge is 0.481 e. The van der Waals surface area contributed by atoms with Crippen LogP contribution in [0.25, 0.3) is 0 Å². The Bertz CT molecular complexity index is 554. The summed E-state index contributed by atoms with van der Waals surface area (Å²) in [5, 5.41) is 8.98. The van der Waals surface area contributed by atoms with E-state index in [1.54, 1.807) is 12.0 Å². The van der Waals surface area contributed by atoms with Crippen molar-refractivity contribution >= 4 is 39.6 Å². The van der Waals surface area contributed by atoms with Gasteiger partial charge in [0, 0.05) is 29.1 Å². The lowest BCUT2D eigenvalue weighted by molar-refractivity contribution is -0.139. The minimum atomic E-state index is -0.890. The fraction of sp³-hybridized carbons (Fsp3) is 0.467. The number of hydrogen-bond acceptors (Lipinski definition) is 4. The normalized spacial score (nSPS) is 21.1. The van der Waals surface area contributed by atoms with E-state index in [4.69, 9.17) is 9.84 Å². The first-order valence-corrected chi connectivity index (χ1v) is 8.70. The van der Waals surface area contributed by atoms with Crippen molar-refractivity contribution in [1.29, 1.82) is 0 Å². The number of hydrogen-bond donors (Lipinski definition) is 1. The fourth-order valence-corrected chi connectivity index (χ4v) is 3.92. The first-order valence-electron chi connectivity index (χ1n) is 6.92. The van der Waals surface area contributed by atoms with E-state index in [1.165, 1.54) is 11.8 Å². The average Bonchev–Trinajstić information content (AvgIpc) is 2.87. The summed E-state index contributed by atoms with van der Waals surface area (Å²) in [4.78, 5) is 26.0. The lowest BCUT2D eigenvalue weighted by Crippen LogP contribution is -2.38. The maximum absolute atomic E-state index is 12.4. The molecule has 0 radical (unpaired) electrons. The topological polar surface area (TPSA) is 66.8 Å². The van der Waals surface area contributed by atoms with Crippen molar-refractivity contribution in [2.24, 2.45) is 0 Å². The minimum Gasteiger partial charge on any atom is -0.481 e. The molecular formula is C15H18BrNO4S. The van der Waals surface area contributed by atoms with Gasteiger partial charge in [0.25, 0.3) is 0 Å². The standard InChI is InChI=1S/C15H18BrNO4S/c1-21-12-6-11(7-15(19)20)17(8-12)14(18)9-22-13-4-2-3-10(16)5-13/h2-5,11-12H,6-9H2,1H3,(H,19,20). The van der Waals surface area contributed by atoms with Gasteiger partial charge in [-0.1, -0.05) is 22.0 Å². The highest BCUT2D eigenvalue weighted by molar-refractivity contribution is 9.10. The predicted molar refractivity (Wildman–Crippen MR) is 88.0 cm³/mol. The van der Waals surface area contributed by atoms with Crippen LogP contribution in [0.1, 0.15) is 12.8 Å². The molecule has 0 aromatic heterocycles. The van der Waals surface area contributed by atoms with Crippen LogP contribution in [0.15, 0.2) is 33.6 Å². The van der Waals surface area contributed by atoms with Crippen LogP contribution in [-0.4, -0.2) is 53.4 Å². The molecule has 0 spiro atoms. The zero-order chi connectivity index (χ0) is 16.1. The van der Waals surface area contributed by atoms with Crippen LogP contribution >= 0.6 is 27.7 Å². The Morgan fingerprint density at radius 3 is 2.91 bits per heavy atom. The Balaban J connectivity index is 1.95. The van der Waals surface area contributed by atoms with Gasteiger partial charge < -0.3 is 14.7 Å². The van der Waals surface area contributed by atoms with Crippen molar-refractivity contribution in [2.45, 2.75) is 29.9 Å². The predicted octanol–water partition coefficient (Wildman–Crippen LogP) is 2.63. The van der Waals surface area contributed by atoms with Gasteiger partial charge >= 0.3 is 5.97 Å². The summed E-state index contributed by atoms with van der Waals surface area (Å²) in [6.07, 6.45) is 0.465. The summed E-state index contributed by atoms with van der Waals surface area (Å²) in [5.74, 6) is -0.641. The third-order valence-electron chi connectivity index (χ3n) is 3.60. The Hall–Kier alpha value is -1.05. The molecule has 120 valence electrons. The van der Waals surface area contributed by atoms with E-state index in [9.17, 15) is 9.59 Å². The number of carbonyl (C=O) groups is 2. The fourth-order valence-electron chi connectivity index (χ4n) is 2.53. The highest BCUT2D eigenvalue weighted by Crippen LogP contribution is 2.26. The summed E-state index contributed by atoms with van der Waals surface area (Å²) in [6, 6.07) is 7.46. The number of rotatable bonds is 6. The van der Waals surface area contributed by atoms with Gasteiger partial charge in [-0.05, 0) is 24.6 Å². The summed E-state index contributed by atoms with van der Waals surface area (Å²) in [7, 11) is 1.59. The van der Waals surface area contributed by atoms with Crippen LogP contribution in [-0.2, 0) is 14.3 Å². The van der Waals surface area contributed by atoms with Crippen molar-refractivity contribution in [1.82, 2.24) is 4.90 Å². The van der Waals surface area contributed by atoms with Crippen molar-refractivity contribution in [3.8, 4) is 0 Å². The van der Waals surface area contributed by atoms with E-state index in [0.29, 0.717) is 18.7 Å². The number of carboxylic acid groups (broad SMARTS) is 1. The number of carboxylic acids is 1. The molecule has 1 heterocycles. The quantitative estimate of drug-likeness (QED) is 0.759. The van der Waals surface area contributed by atoms with Crippen LogP contribution < -0.4 is 0 Å². The van der Waals surface area contributed by atoms with Gasteiger partial charge in [0.1, 0.15) is 0 Å². The molecule has 1 aliphatic rings. The molecule has 7 heteroatoms. The molecule has 2 unspecified atom stereocenters. The van der Waals surface area contributed by atoms with Crippen LogP contribution in [0.4, 0.5) is 0 Å². The van der Waals surface area contributed by atoms with Gasteiger partial charge in [-0.25, -0.2) is 0 Å². The third kappa shape index (κ3) is 4.72. The number of halogens is 1. The molecule has 0 bridgehead atoms. The molecule has 1 N–H and O–H groups in total. The highest BCUT2D eigenvalue weighted by Gasteiger charge is 2.36. The molecule has 1 aliphatic heterocycles. The zero-order valence-electron chi connectivity index (χ0n) is 12.2. The lowest BCUT2D eigenvalue weighted by atomic mass is 10.1. The molecule has 1 saturated heterocycles. The van der Waals surface area contributed by atoms with Crippen LogP contribution in [0, 0.1) is 0 Å². The van der Waals surface area contributed by atoms with Gasteiger partial charge in [-0.15, -0.1) is 11.8 Å².